The first kappa shape index (κ1) is 24.9. The second kappa shape index (κ2) is 8.22. The quantitative estimate of drug-likeness (QED) is 0.461. The van der Waals surface area contributed by atoms with E-state index in [9.17, 15) is 15.3 Å². The number of phenolic OH excluding ortho intramolecular Hbond substituents is 2. The van der Waals surface area contributed by atoms with Crippen molar-refractivity contribution in [3.8, 4) is 11.5 Å². The van der Waals surface area contributed by atoms with E-state index in [1.54, 1.807) is 0 Å². The SMILES string of the molecule is C=C1C=C(C)C(c2cc(C)cc(C(C)(C)C)c2O)=C(c2cc(C)cc(C(C)(C)C)c2O)C1O. The van der Waals surface area contributed by atoms with Crippen LogP contribution in [0, 0.1) is 13.8 Å². The zero-order valence-corrected chi connectivity index (χ0v) is 21.5. The van der Waals surface area contributed by atoms with E-state index in [-0.39, 0.29) is 22.3 Å². The molecule has 33 heavy (non-hydrogen) atoms. The van der Waals surface area contributed by atoms with Crippen LogP contribution in [0.2, 0.25) is 0 Å². The molecule has 2 aromatic rings. The third-order valence-electron chi connectivity index (χ3n) is 6.37. The third-order valence-corrected chi connectivity index (χ3v) is 6.37. The molecular formula is C30H38O3. The van der Waals surface area contributed by atoms with Crippen molar-refractivity contribution in [1.82, 2.24) is 0 Å². The fraction of sp³-hybridized carbons (Fsp3) is 0.400. The number of benzene rings is 2. The molecule has 0 aliphatic heterocycles. The third kappa shape index (κ3) is 4.52. The second-order valence-electron chi connectivity index (χ2n) is 11.5. The molecule has 0 saturated heterocycles. The molecule has 0 saturated carbocycles. The van der Waals surface area contributed by atoms with E-state index in [2.05, 4.69) is 48.1 Å². The molecule has 3 nitrogen and oxygen atoms in total. The molecule has 0 heterocycles. The van der Waals surface area contributed by atoms with Gasteiger partial charge in [-0.3, -0.25) is 0 Å². The van der Waals surface area contributed by atoms with Gasteiger partial charge in [0.1, 0.15) is 17.6 Å². The topological polar surface area (TPSA) is 60.7 Å². The molecule has 0 amide bonds. The van der Waals surface area contributed by atoms with Crippen LogP contribution in [0.3, 0.4) is 0 Å². The van der Waals surface area contributed by atoms with Crippen molar-refractivity contribution in [2.24, 2.45) is 0 Å². The van der Waals surface area contributed by atoms with Crippen LogP contribution in [0.1, 0.15) is 81.8 Å². The minimum absolute atomic E-state index is 0.158. The van der Waals surface area contributed by atoms with Crippen LogP contribution < -0.4 is 0 Å². The smallest absolute Gasteiger partial charge is 0.127 e. The van der Waals surface area contributed by atoms with Gasteiger partial charge in [0.05, 0.1) is 0 Å². The maximum absolute atomic E-state index is 11.4. The lowest BCUT2D eigenvalue weighted by Gasteiger charge is -2.31. The highest BCUT2D eigenvalue weighted by Crippen LogP contribution is 2.49. The van der Waals surface area contributed by atoms with E-state index >= 15 is 0 Å². The maximum atomic E-state index is 11.4. The summed E-state index contributed by atoms with van der Waals surface area (Å²) in [5, 5.41) is 34.2. The van der Waals surface area contributed by atoms with Crippen molar-refractivity contribution in [2.45, 2.75) is 79.2 Å². The first-order chi connectivity index (χ1) is 15.0. The van der Waals surface area contributed by atoms with Crippen LogP contribution in [0.4, 0.5) is 0 Å². The van der Waals surface area contributed by atoms with Crippen molar-refractivity contribution >= 4 is 11.1 Å². The molecule has 1 unspecified atom stereocenters. The first-order valence-electron chi connectivity index (χ1n) is 11.5. The van der Waals surface area contributed by atoms with Crippen LogP contribution in [0.5, 0.6) is 11.5 Å². The summed E-state index contributed by atoms with van der Waals surface area (Å²) in [4.78, 5) is 0. The fourth-order valence-electron chi connectivity index (χ4n) is 4.70. The number of hydrogen-bond donors (Lipinski definition) is 3. The molecule has 2 aromatic carbocycles. The van der Waals surface area contributed by atoms with Gasteiger partial charge in [-0.15, -0.1) is 0 Å². The Hall–Kier alpha value is -2.78. The Balaban J connectivity index is 2.50. The van der Waals surface area contributed by atoms with Crippen molar-refractivity contribution in [1.29, 1.82) is 0 Å². The van der Waals surface area contributed by atoms with Crippen molar-refractivity contribution in [3.63, 3.8) is 0 Å². The van der Waals surface area contributed by atoms with Gasteiger partial charge in [-0.05, 0) is 71.6 Å². The highest BCUT2D eigenvalue weighted by Gasteiger charge is 2.32. The van der Waals surface area contributed by atoms with Crippen LogP contribution in [-0.2, 0) is 10.8 Å². The van der Waals surface area contributed by atoms with Gasteiger partial charge in [0.25, 0.3) is 0 Å². The molecule has 1 aliphatic rings. The highest BCUT2D eigenvalue weighted by molar-refractivity contribution is 6.05. The molecule has 3 heteroatoms. The molecule has 0 fully saturated rings. The van der Waals surface area contributed by atoms with Gasteiger partial charge < -0.3 is 15.3 Å². The van der Waals surface area contributed by atoms with Gasteiger partial charge in [0.2, 0.25) is 0 Å². The average Bonchev–Trinajstić information content (AvgIpc) is 2.66. The standard InChI is InChI=1S/C30H38O3/c1-16-11-20(27(32)22(13-16)29(5,6)7)24-18(3)15-19(4)26(31)25(24)21-12-17(2)14-23(28(21)33)30(8,9)10/h11-15,26,31-33H,4H2,1-3,5-10H3. The number of allylic oxidation sites excluding steroid dienone is 2. The summed E-state index contributed by atoms with van der Waals surface area (Å²) in [6.45, 7) is 22.4. The maximum Gasteiger partial charge on any atom is 0.127 e. The Morgan fingerprint density at radius 1 is 0.727 bits per heavy atom. The molecule has 1 aliphatic carbocycles. The van der Waals surface area contributed by atoms with Gasteiger partial charge in [0, 0.05) is 27.8 Å². The van der Waals surface area contributed by atoms with Gasteiger partial charge in [-0.25, -0.2) is 0 Å². The summed E-state index contributed by atoms with van der Waals surface area (Å²) < 4.78 is 0. The Bertz CT molecular complexity index is 1190. The Labute approximate surface area is 198 Å². The van der Waals surface area contributed by atoms with Gasteiger partial charge >= 0.3 is 0 Å². The largest absolute Gasteiger partial charge is 0.507 e. The molecule has 0 radical (unpaired) electrons. The van der Waals surface area contributed by atoms with Crippen LogP contribution in [-0.4, -0.2) is 21.4 Å². The van der Waals surface area contributed by atoms with Crippen LogP contribution >= 0.6 is 0 Å². The fourth-order valence-corrected chi connectivity index (χ4v) is 4.70. The van der Waals surface area contributed by atoms with Crippen molar-refractivity contribution in [3.05, 3.63) is 81.4 Å². The average molecular weight is 447 g/mol. The summed E-state index contributed by atoms with van der Waals surface area (Å²) in [6.07, 6.45) is 0.863. The van der Waals surface area contributed by atoms with E-state index in [0.29, 0.717) is 22.3 Å². The molecule has 1 atom stereocenters. The molecule has 0 spiro atoms. The number of aryl methyl sites for hydroxylation is 2. The minimum Gasteiger partial charge on any atom is -0.507 e. The van der Waals surface area contributed by atoms with E-state index in [1.807, 2.05) is 51.1 Å². The summed E-state index contributed by atoms with van der Waals surface area (Å²) in [5.74, 6) is 0.363. The number of rotatable bonds is 2. The number of phenols is 2. The van der Waals surface area contributed by atoms with Crippen LogP contribution in [0.15, 0.2) is 48.1 Å². The van der Waals surface area contributed by atoms with E-state index < -0.39 is 6.10 Å². The lowest BCUT2D eigenvalue weighted by Crippen LogP contribution is -2.20. The molecular weight excluding hydrogens is 408 g/mol. The van der Waals surface area contributed by atoms with Crippen molar-refractivity contribution < 1.29 is 15.3 Å². The summed E-state index contributed by atoms with van der Waals surface area (Å²) in [6, 6.07) is 7.87. The van der Waals surface area contributed by atoms with E-state index in [0.717, 1.165) is 33.4 Å². The molecule has 3 rings (SSSR count). The minimum atomic E-state index is -0.998. The number of aliphatic hydroxyl groups excluding tert-OH is 1. The zero-order chi connectivity index (χ0) is 25.0. The predicted octanol–water partition coefficient (Wildman–Crippen LogP) is 7.10. The normalized spacial score (nSPS) is 17.5. The number of aromatic hydroxyl groups is 2. The summed E-state index contributed by atoms with van der Waals surface area (Å²) in [7, 11) is 0. The molecule has 3 N–H and O–H groups in total. The van der Waals surface area contributed by atoms with Gasteiger partial charge in [-0.2, -0.15) is 0 Å². The van der Waals surface area contributed by atoms with E-state index in [1.165, 1.54) is 0 Å². The predicted molar refractivity (Wildman–Crippen MR) is 139 cm³/mol. The molecule has 0 bridgehead atoms. The van der Waals surface area contributed by atoms with Crippen LogP contribution in [0.25, 0.3) is 11.1 Å². The highest BCUT2D eigenvalue weighted by atomic mass is 16.3. The number of aliphatic hydroxyl groups is 1. The monoisotopic (exact) mass is 446 g/mol. The second-order valence-corrected chi connectivity index (χ2v) is 11.5. The van der Waals surface area contributed by atoms with Crippen molar-refractivity contribution in [2.75, 3.05) is 0 Å². The Kier molecular flexibility index (Phi) is 6.19. The first-order valence-corrected chi connectivity index (χ1v) is 11.5. The van der Waals surface area contributed by atoms with E-state index in [4.69, 9.17) is 0 Å². The zero-order valence-electron chi connectivity index (χ0n) is 21.5. The molecule has 0 aromatic heterocycles. The molecule has 176 valence electrons. The summed E-state index contributed by atoms with van der Waals surface area (Å²) in [5.41, 5.74) is 7.15. The van der Waals surface area contributed by atoms with Gasteiger partial charge in [0.15, 0.2) is 0 Å². The summed E-state index contributed by atoms with van der Waals surface area (Å²) >= 11 is 0. The van der Waals surface area contributed by atoms with Gasteiger partial charge in [-0.1, -0.05) is 66.3 Å². The lowest BCUT2D eigenvalue weighted by molar-refractivity contribution is 0.271. The lowest BCUT2D eigenvalue weighted by atomic mass is 9.75. The number of hydrogen-bond acceptors (Lipinski definition) is 3. The Morgan fingerprint density at radius 3 is 1.61 bits per heavy atom. The Morgan fingerprint density at radius 2 is 1.15 bits per heavy atom.